The lowest BCUT2D eigenvalue weighted by Gasteiger charge is -2.05. The third-order valence-electron chi connectivity index (χ3n) is 2.86. The van der Waals surface area contributed by atoms with E-state index in [0.717, 1.165) is 0 Å². The fourth-order valence-electron chi connectivity index (χ4n) is 1.59. The highest BCUT2D eigenvalue weighted by Crippen LogP contribution is 2.11. The smallest absolute Gasteiger partial charge is 0.307 e. The molecule has 0 aromatic heterocycles. The number of nitrogens with one attached hydrogen (secondary N) is 2. The molecule has 2 N–H and O–H groups in total. The first-order chi connectivity index (χ1) is 11.0. The monoisotopic (exact) mass is 315 g/mol. The number of ketones is 1. The van der Waals surface area contributed by atoms with E-state index in [0.29, 0.717) is 11.3 Å². The lowest BCUT2D eigenvalue weighted by Crippen LogP contribution is -2.18. The molecular formula is C16H17N3O4. The van der Waals surface area contributed by atoms with Gasteiger partial charge in [0.05, 0.1) is 13.5 Å². The number of methoxy groups -OCH3 is 1. The lowest BCUT2D eigenvalue weighted by atomic mass is 10.1. The third kappa shape index (κ3) is 6.01. The van der Waals surface area contributed by atoms with Gasteiger partial charge in [0.15, 0.2) is 5.78 Å². The minimum absolute atomic E-state index is 0.0738. The molecule has 120 valence electrons. The Balaban J connectivity index is 2.61. The second-order valence-corrected chi connectivity index (χ2v) is 4.54. The van der Waals surface area contributed by atoms with Gasteiger partial charge in [-0.2, -0.15) is 5.26 Å². The van der Waals surface area contributed by atoms with Crippen molar-refractivity contribution >= 4 is 23.3 Å². The minimum atomic E-state index is -0.589. The molecule has 7 heteroatoms. The summed E-state index contributed by atoms with van der Waals surface area (Å²) in [6.07, 6.45) is 1.36. The van der Waals surface area contributed by atoms with Gasteiger partial charge in [-0.25, -0.2) is 0 Å². The van der Waals surface area contributed by atoms with Gasteiger partial charge in [-0.1, -0.05) is 0 Å². The fourth-order valence-corrected chi connectivity index (χ4v) is 1.59. The summed E-state index contributed by atoms with van der Waals surface area (Å²) in [5.74, 6) is -1.05. The standard InChI is InChI=1S/C16H17N3O4/c1-11(20)12-3-5-14(6-4-12)19-16(22)13(9-17)10-18-8-7-15(21)23-2/h3-6,10,18H,7-8H2,1-2H3,(H,19,22)/b13-10-. The van der Waals surface area contributed by atoms with Crippen LogP contribution in [-0.4, -0.2) is 31.3 Å². The Hall–Kier alpha value is -3.14. The van der Waals surface area contributed by atoms with Gasteiger partial charge in [0.2, 0.25) is 0 Å². The van der Waals surface area contributed by atoms with Crippen molar-refractivity contribution in [3.8, 4) is 6.07 Å². The Labute approximate surface area is 133 Å². The molecule has 0 aliphatic carbocycles. The van der Waals surface area contributed by atoms with Gasteiger partial charge in [0.25, 0.3) is 5.91 Å². The maximum atomic E-state index is 11.9. The molecule has 0 atom stereocenters. The molecule has 0 radical (unpaired) electrons. The summed E-state index contributed by atoms with van der Waals surface area (Å²) < 4.78 is 4.47. The second kappa shape index (κ2) is 9.00. The number of nitriles is 1. The fraction of sp³-hybridized carbons (Fsp3) is 0.250. The van der Waals surface area contributed by atoms with E-state index < -0.39 is 5.91 Å². The first-order valence-electron chi connectivity index (χ1n) is 6.80. The van der Waals surface area contributed by atoms with E-state index in [1.807, 2.05) is 0 Å². The van der Waals surface area contributed by atoms with E-state index in [1.165, 1.54) is 20.2 Å². The molecule has 7 nitrogen and oxygen atoms in total. The molecule has 0 fully saturated rings. The van der Waals surface area contributed by atoms with Crippen LogP contribution in [0.3, 0.4) is 0 Å². The predicted molar refractivity (Wildman–Crippen MR) is 83.4 cm³/mol. The largest absolute Gasteiger partial charge is 0.469 e. The van der Waals surface area contributed by atoms with Crippen molar-refractivity contribution in [1.29, 1.82) is 5.26 Å². The molecule has 0 aliphatic heterocycles. The van der Waals surface area contributed by atoms with Gasteiger partial charge >= 0.3 is 5.97 Å². The number of ether oxygens (including phenoxy) is 1. The summed E-state index contributed by atoms with van der Waals surface area (Å²) in [6.45, 7) is 1.70. The van der Waals surface area contributed by atoms with Gasteiger partial charge in [-0.15, -0.1) is 0 Å². The van der Waals surface area contributed by atoms with Crippen molar-refractivity contribution in [2.24, 2.45) is 0 Å². The number of nitrogens with zero attached hydrogens (tertiary/aromatic N) is 1. The van der Waals surface area contributed by atoms with Crippen LogP contribution < -0.4 is 10.6 Å². The van der Waals surface area contributed by atoms with E-state index >= 15 is 0 Å². The Bertz CT molecular complexity index is 657. The van der Waals surface area contributed by atoms with Gasteiger partial charge in [0, 0.05) is 24.0 Å². The summed E-state index contributed by atoms with van der Waals surface area (Å²) in [7, 11) is 1.28. The molecule has 0 aliphatic rings. The Morgan fingerprint density at radius 2 is 1.91 bits per heavy atom. The maximum Gasteiger partial charge on any atom is 0.307 e. The van der Waals surface area contributed by atoms with E-state index in [4.69, 9.17) is 5.26 Å². The first kappa shape index (κ1) is 17.9. The first-order valence-corrected chi connectivity index (χ1v) is 6.80. The van der Waals surface area contributed by atoms with Crippen LogP contribution >= 0.6 is 0 Å². The summed E-state index contributed by atoms with van der Waals surface area (Å²) >= 11 is 0. The second-order valence-electron chi connectivity index (χ2n) is 4.54. The average molecular weight is 315 g/mol. The molecule has 0 heterocycles. The molecule has 0 saturated carbocycles. The van der Waals surface area contributed by atoms with Gasteiger partial charge in [-0.05, 0) is 31.2 Å². The topological polar surface area (TPSA) is 108 Å². The highest BCUT2D eigenvalue weighted by atomic mass is 16.5. The van der Waals surface area contributed by atoms with Crippen molar-refractivity contribution in [2.45, 2.75) is 13.3 Å². The normalized spacial score (nSPS) is 10.4. The van der Waals surface area contributed by atoms with Crippen molar-refractivity contribution in [3.63, 3.8) is 0 Å². The number of rotatable bonds is 7. The quantitative estimate of drug-likeness (QED) is 0.259. The van der Waals surface area contributed by atoms with Crippen LogP contribution in [0.15, 0.2) is 36.0 Å². The van der Waals surface area contributed by atoms with Crippen molar-refractivity contribution < 1.29 is 19.1 Å². The highest BCUT2D eigenvalue weighted by molar-refractivity contribution is 6.06. The van der Waals surface area contributed by atoms with E-state index in [2.05, 4.69) is 15.4 Å². The van der Waals surface area contributed by atoms with Crippen LogP contribution in [0.4, 0.5) is 5.69 Å². The summed E-state index contributed by atoms with van der Waals surface area (Å²) in [6, 6.07) is 8.10. The number of carbonyl (C=O) groups is 3. The number of carbonyl (C=O) groups excluding carboxylic acids is 3. The molecule has 1 rings (SSSR count). The number of esters is 1. The van der Waals surface area contributed by atoms with Crippen molar-refractivity contribution in [3.05, 3.63) is 41.6 Å². The van der Waals surface area contributed by atoms with Crippen LogP contribution in [-0.2, 0) is 14.3 Å². The Morgan fingerprint density at radius 1 is 1.26 bits per heavy atom. The molecule has 0 bridgehead atoms. The van der Waals surface area contributed by atoms with Crippen LogP contribution in [0.5, 0.6) is 0 Å². The van der Waals surface area contributed by atoms with E-state index in [-0.39, 0.29) is 30.3 Å². The zero-order valence-electron chi connectivity index (χ0n) is 12.9. The maximum absolute atomic E-state index is 11.9. The minimum Gasteiger partial charge on any atom is -0.469 e. The number of benzene rings is 1. The molecular weight excluding hydrogens is 298 g/mol. The highest BCUT2D eigenvalue weighted by Gasteiger charge is 2.09. The average Bonchev–Trinajstić information content (AvgIpc) is 2.54. The number of hydrogen-bond donors (Lipinski definition) is 2. The van der Waals surface area contributed by atoms with Gasteiger partial charge < -0.3 is 15.4 Å². The molecule has 1 aromatic rings. The molecule has 1 aromatic carbocycles. The zero-order valence-corrected chi connectivity index (χ0v) is 12.9. The van der Waals surface area contributed by atoms with Crippen LogP contribution in [0, 0.1) is 11.3 Å². The number of amides is 1. The van der Waals surface area contributed by atoms with Gasteiger partial charge in [0.1, 0.15) is 11.6 Å². The Kier molecular flexibility index (Phi) is 7.01. The zero-order chi connectivity index (χ0) is 17.2. The van der Waals surface area contributed by atoms with Crippen molar-refractivity contribution in [1.82, 2.24) is 5.32 Å². The Morgan fingerprint density at radius 3 is 2.43 bits per heavy atom. The molecule has 23 heavy (non-hydrogen) atoms. The van der Waals surface area contributed by atoms with Crippen LogP contribution in [0.2, 0.25) is 0 Å². The summed E-state index contributed by atoms with van der Waals surface area (Å²) in [5.41, 5.74) is 0.866. The molecule has 0 saturated heterocycles. The van der Waals surface area contributed by atoms with Crippen molar-refractivity contribution in [2.75, 3.05) is 19.0 Å². The molecule has 1 amide bonds. The van der Waals surface area contributed by atoms with Crippen LogP contribution in [0.25, 0.3) is 0 Å². The lowest BCUT2D eigenvalue weighted by molar-refractivity contribution is -0.140. The van der Waals surface area contributed by atoms with E-state index in [1.54, 1.807) is 30.3 Å². The summed E-state index contributed by atoms with van der Waals surface area (Å²) in [5, 5.41) is 14.2. The SMILES string of the molecule is COC(=O)CCN/C=C(/C#N)C(=O)Nc1ccc(C(C)=O)cc1. The van der Waals surface area contributed by atoms with Crippen LogP contribution in [0.1, 0.15) is 23.7 Å². The number of Topliss-reactive ketones (excluding diaryl/α,β-unsaturated/α-hetero) is 1. The predicted octanol–water partition coefficient (Wildman–Crippen LogP) is 1.39. The number of hydrogen-bond acceptors (Lipinski definition) is 6. The summed E-state index contributed by atoms with van der Waals surface area (Å²) in [4.78, 5) is 34.0. The molecule has 0 spiro atoms. The van der Waals surface area contributed by atoms with E-state index in [9.17, 15) is 14.4 Å². The van der Waals surface area contributed by atoms with Gasteiger partial charge in [-0.3, -0.25) is 14.4 Å². The number of anilines is 1. The molecule has 0 unspecified atom stereocenters. The third-order valence-corrected chi connectivity index (χ3v) is 2.86.